The predicted molar refractivity (Wildman–Crippen MR) is 81.3 cm³/mol. The van der Waals surface area contributed by atoms with Gasteiger partial charge in [-0.15, -0.1) is 0 Å². The summed E-state index contributed by atoms with van der Waals surface area (Å²) in [5, 5.41) is 2.25. The van der Waals surface area contributed by atoms with Crippen LogP contribution in [0.25, 0.3) is 0 Å². The van der Waals surface area contributed by atoms with Crippen molar-refractivity contribution >= 4 is 15.9 Å². The number of methoxy groups -OCH3 is 1. The molecular formula is C16H18BrFNO+. The number of nitrogens with two attached hydrogens (primary N) is 1. The highest BCUT2D eigenvalue weighted by Gasteiger charge is 2.03. The van der Waals surface area contributed by atoms with Crippen LogP contribution in [0.15, 0.2) is 46.9 Å². The van der Waals surface area contributed by atoms with Gasteiger partial charge in [-0.05, 0) is 51.8 Å². The molecule has 2 aromatic carbocycles. The van der Waals surface area contributed by atoms with Crippen LogP contribution in [-0.2, 0) is 13.0 Å². The lowest BCUT2D eigenvalue weighted by Gasteiger charge is -2.06. The number of rotatable bonds is 6. The number of hydrogen-bond acceptors (Lipinski definition) is 1. The number of halogens is 2. The van der Waals surface area contributed by atoms with Crippen molar-refractivity contribution in [2.75, 3.05) is 13.7 Å². The van der Waals surface area contributed by atoms with E-state index in [4.69, 9.17) is 4.74 Å². The quantitative estimate of drug-likeness (QED) is 0.805. The Kier molecular flexibility index (Phi) is 5.56. The number of hydrogen-bond donors (Lipinski definition) is 1. The second-order valence-corrected chi connectivity index (χ2v) is 5.48. The Morgan fingerprint density at radius 3 is 2.45 bits per heavy atom. The molecule has 0 fully saturated rings. The first-order valence-corrected chi connectivity index (χ1v) is 7.37. The van der Waals surface area contributed by atoms with Crippen molar-refractivity contribution in [3.05, 3.63) is 63.9 Å². The van der Waals surface area contributed by atoms with Crippen LogP contribution in [0.5, 0.6) is 5.75 Å². The van der Waals surface area contributed by atoms with Crippen molar-refractivity contribution in [1.82, 2.24) is 0 Å². The molecule has 0 saturated heterocycles. The summed E-state index contributed by atoms with van der Waals surface area (Å²) in [4.78, 5) is 0. The lowest BCUT2D eigenvalue weighted by molar-refractivity contribution is -0.670. The van der Waals surface area contributed by atoms with Crippen molar-refractivity contribution in [3.63, 3.8) is 0 Å². The van der Waals surface area contributed by atoms with Crippen molar-refractivity contribution < 1.29 is 14.4 Å². The fourth-order valence-corrected chi connectivity index (χ4v) is 2.61. The van der Waals surface area contributed by atoms with Gasteiger partial charge in [-0.3, -0.25) is 0 Å². The highest BCUT2D eigenvalue weighted by molar-refractivity contribution is 9.10. The van der Waals surface area contributed by atoms with E-state index in [0.29, 0.717) is 0 Å². The first-order valence-electron chi connectivity index (χ1n) is 6.57. The van der Waals surface area contributed by atoms with Gasteiger partial charge in [-0.2, -0.15) is 0 Å². The van der Waals surface area contributed by atoms with E-state index in [1.807, 2.05) is 18.2 Å². The number of benzene rings is 2. The average Bonchev–Trinajstić information content (AvgIpc) is 2.46. The zero-order chi connectivity index (χ0) is 14.4. The van der Waals surface area contributed by atoms with E-state index in [2.05, 4.69) is 33.4 Å². The van der Waals surface area contributed by atoms with Gasteiger partial charge in [0.25, 0.3) is 0 Å². The Morgan fingerprint density at radius 2 is 1.80 bits per heavy atom. The van der Waals surface area contributed by atoms with Gasteiger partial charge in [0, 0.05) is 12.0 Å². The van der Waals surface area contributed by atoms with Gasteiger partial charge >= 0.3 is 0 Å². The third-order valence-electron chi connectivity index (χ3n) is 3.15. The fourth-order valence-electron chi connectivity index (χ4n) is 2.03. The summed E-state index contributed by atoms with van der Waals surface area (Å²) >= 11 is 3.49. The molecule has 0 aromatic heterocycles. The Morgan fingerprint density at radius 1 is 1.10 bits per heavy atom. The smallest absolute Gasteiger partial charge is 0.133 e. The van der Waals surface area contributed by atoms with E-state index < -0.39 is 0 Å². The zero-order valence-electron chi connectivity index (χ0n) is 11.4. The maximum atomic E-state index is 12.8. The summed E-state index contributed by atoms with van der Waals surface area (Å²) in [6, 6.07) is 12.8. The van der Waals surface area contributed by atoms with Crippen LogP contribution in [0, 0.1) is 5.82 Å². The van der Waals surface area contributed by atoms with Gasteiger partial charge < -0.3 is 10.1 Å². The molecule has 2 nitrogen and oxygen atoms in total. The highest BCUT2D eigenvalue weighted by Crippen LogP contribution is 2.25. The van der Waals surface area contributed by atoms with Gasteiger partial charge in [-0.1, -0.05) is 12.1 Å². The van der Waals surface area contributed by atoms with Crippen LogP contribution in [0.2, 0.25) is 0 Å². The standard InChI is InChI=1S/C16H17BrFNO/c1-20-16-7-4-13(10-15(16)17)11-19-9-8-12-2-5-14(18)6-3-12/h2-7,10,19H,8-9,11H2,1H3/p+1. The Hall–Kier alpha value is -1.39. The third kappa shape index (κ3) is 4.32. The van der Waals surface area contributed by atoms with E-state index in [0.717, 1.165) is 29.7 Å². The summed E-state index contributed by atoms with van der Waals surface area (Å²) in [5.74, 6) is 0.667. The van der Waals surface area contributed by atoms with E-state index in [9.17, 15) is 4.39 Å². The Bertz CT molecular complexity index is 557. The maximum Gasteiger partial charge on any atom is 0.133 e. The monoisotopic (exact) mass is 338 g/mol. The van der Waals surface area contributed by atoms with E-state index in [1.54, 1.807) is 7.11 Å². The summed E-state index contributed by atoms with van der Waals surface area (Å²) < 4.78 is 19.0. The SMILES string of the molecule is COc1ccc(C[NH2+]CCc2ccc(F)cc2)cc1Br. The normalized spacial score (nSPS) is 10.6. The summed E-state index contributed by atoms with van der Waals surface area (Å²) in [6.07, 6.45) is 0.942. The molecule has 0 spiro atoms. The summed E-state index contributed by atoms with van der Waals surface area (Å²) in [7, 11) is 1.66. The van der Waals surface area contributed by atoms with Gasteiger partial charge in [0.15, 0.2) is 0 Å². The molecule has 0 saturated carbocycles. The lowest BCUT2D eigenvalue weighted by atomic mass is 10.1. The Labute approximate surface area is 127 Å². The van der Waals surface area contributed by atoms with Crippen LogP contribution in [0.1, 0.15) is 11.1 Å². The molecule has 106 valence electrons. The molecule has 2 aromatic rings. The highest BCUT2D eigenvalue weighted by atomic mass is 79.9. The maximum absolute atomic E-state index is 12.8. The molecule has 0 aliphatic carbocycles. The molecular weight excluding hydrogens is 321 g/mol. The van der Waals surface area contributed by atoms with E-state index >= 15 is 0 Å². The van der Waals surface area contributed by atoms with E-state index in [-0.39, 0.29) is 5.82 Å². The lowest BCUT2D eigenvalue weighted by Crippen LogP contribution is -2.83. The summed E-state index contributed by atoms with van der Waals surface area (Å²) in [6.45, 7) is 1.90. The molecule has 2 N–H and O–H groups in total. The molecule has 2 rings (SSSR count). The first kappa shape index (κ1) is 15.0. The Balaban J connectivity index is 1.78. The molecule has 0 aliphatic rings. The molecule has 0 unspecified atom stereocenters. The minimum atomic E-state index is -0.180. The molecule has 20 heavy (non-hydrogen) atoms. The molecule has 0 heterocycles. The van der Waals surface area contributed by atoms with Crippen LogP contribution in [0.3, 0.4) is 0 Å². The van der Waals surface area contributed by atoms with E-state index in [1.165, 1.54) is 23.3 Å². The predicted octanol–water partition coefficient (Wildman–Crippen LogP) is 2.90. The van der Waals surface area contributed by atoms with Gasteiger partial charge in [0.05, 0.1) is 18.1 Å². The molecule has 0 amide bonds. The second kappa shape index (κ2) is 7.41. The third-order valence-corrected chi connectivity index (χ3v) is 3.77. The van der Waals surface area contributed by atoms with Crippen molar-refractivity contribution in [3.8, 4) is 5.75 Å². The van der Waals surface area contributed by atoms with Crippen LogP contribution >= 0.6 is 15.9 Å². The largest absolute Gasteiger partial charge is 0.496 e. The van der Waals surface area contributed by atoms with Crippen LogP contribution in [0.4, 0.5) is 4.39 Å². The van der Waals surface area contributed by atoms with Gasteiger partial charge in [0.1, 0.15) is 18.1 Å². The number of ether oxygens (including phenoxy) is 1. The van der Waals surface area contributed by atoms with Gasteiger partial charge in [0.2, 0.25) is 0 Å². The molecule has 0 bridgehead atoms. The molecule has 4 heteroatoms. The minimum absolute atomic E-state index is 0.180. The molecule has 0 aliphatic heterocycles. The second-order valence-electron chi connectivity index (χ2n) is 4.63. The average molecular weight is 339 g/mol. The van der Waals surface area contributed by atoms with Crippen molar-refractivity contribution in [1.29, 1.82) is 0 Å². The fraction of sp³-hybridized carbons (Fsp3) is 0.250. The molecule has 0 atom stereocenters. The topological polar surface area (TPSA) is 25.8 Å². The van der Waals surface area contributed by atoms with Crippen molar-refractivity contribution in [2.45, 2.75) is 13.0 Å². The minimum Gasteiger partial charge on any atom is -0.496 e. The van der Waals surface area contributed by atoms with Gasteiger partial charge in [-0.25, -0.2) is 4.39 Å². The summed E-state index contributed by atoms with van der Waals surface area (Å²) in [5.41, 5.74) is 2.41. The van der Waals surface area contributed by atoms with Crippen molar-refractivity contribution in [2.24, 2.45) is 0 Å². The molecule has 0 radical (unpaired) electrons. The first-order chi connectivity index (χ1) is 9.69. The van der Waals surface area contributed by atoms with Crippen LogP contribution in [-0.4, -0.2) is 13.7 Å². The zero-order valence-corrected chi connectivity index (χ0v) is 13.0. The number of quaternary nitrogens is 1. The van der Waals surface area contributed by atoms with Crippen LogP contribution < -0.4 is 10.1 Å².